The zero-order chi connectivity index (χ0) is 12.4. The van der Waals surface area contributed by atoms with E-state index in [9.17, 15) is 0 Å². The lowest BCUT2D eigenvalue weighted by Gasteiger charge is -2.19. The second-order valence-corrected chi connectivity index (χ2v) is 4.62. The van der Waals surface area contributed by atoms with Crippen LogP contribution in [-0.2, 0) is 4.65 Å². The summed E-state index contributed by atoms with van der Waals surface area (Å²) in [4.78, 5) is 2.30. The van der Waals surface area contributed by atoms with Gasteiger partial charge in [-0.2, -0.15) is 0 Å². The van der Waals surface area contributed by atoms with Gasteiger partial charge in [0.25, 0.3) is 0 Å². The van der Waals surface area contributed by atoms with Gasteiger partial charge in [-0.1, -0.05) is 48.5 Å². The van der Waals surface area contributed by atoms with Crippen molar-refractivity contribution in [1.29, 1.82) is 0 Å². The van der Waals surface area contributed by atoms with Crippen LogP contribution in [0, 0.1) is 0 Å². The molecule has 0 aliphatic carbocycles. The Labute approximate surface area is 108 Å². The maximum absolute atomic E-state index is 6.04. The Morgan fingerprint density at radius 2 is 1.61 bits per heavy atom. The molecule has 0 amide bonds. The number of rotatable bonds is 2. The zero-order valence-corrected chi connectivity index (χ0v) is 10.5. The Morgan fingerprint density at radius 1 is 1.00 bits per heavy atom. The summed E-state index contributed by atoms with van der Waals surface area (Å²) >= 11 is 0. The summed E-state index contributed by atoms with van der Waals surface area (Å²) in [6, 6.07) is 20.9. The molecule has 0 unspecified atom stereocenters. The van der Waals surface area contributed by atoms with E-state index in [1.54, 1.807) is 0 Å². The number of hydrogen-bond donors (Lipinski definition) is 0. The van der Waals surface area contributed by atoms with E-state index in [1.165, 1.54) is 11.3 Å². The highest BCUT2D eigenvalue weighted by atomic mass is 16.5. The summed E-state index contributed by atoms with van der Waals surface area (Å²) < 4.78 is 6.04. The third-order valence-electron chi connectivity index (χ3n) is 3.42. The molecule has 2 aromatic carbocycles. The predicted octanol–water partition coefficient (Wildman–Crippen LogP) is 3.38. The molecule has 1 aliphatic heterocycles. The first-order valence-corrected chi connectivity index (χ1v) is 6.37. The maximum Gasteiger partial charge on any atom is 0.412 e. The van der Waals surface area contributed by atoms with Gasteiger partial charge in [-0.05, 0) is 24.5 Å². The maximum atomic E-state index is 6.04. The molecule has 1 fully saturated rings. The molecule has 90 valence electrons. The molecule has 0 N–H and O–H groups in total. The summed E-state index contributed by atoms with van der Waals surface area (Å²) in [5.41, 5.74) is 2.48. The van der Waals surface area contributed by atoms with Gasteiger partial charge in [0.1, 0.15) is 0 Å². The van der Waals surface area contributed by atoms with Gasteiger partial charge in [0.2, 0.25) is 0 Å². The van der Waals surface area contributed by atoms with Crippen LogP contribution in [0.15, 0.2) is 60.7 Å². The number of nitrogens with zero attached hydrogens (tertiary/aromatic N) is 1. The molecule has 1 aliphatic rings. The van der Waals surface area contributed by atoms with Crippen molar-refractivity contribution < 1.29 is 4.65 Å². The van der Waals surface area contributed by atoms with Crippen molar-refractivity contribution >= 4 is 12.7 Å². The second-order valence-electron chi connectivity index (χ2n) is 4.62. The topological polar surface area (TPSA) is 12.5 Å². The Hall–Kier alpha value is -1.74. The molecule has 0 aromatic heterocycles. The van der Waals surface area contributed by atoms with Crippen molar-refractivity contribution in [3.8, 4) is 0 Å². The standard InChI is InChI=1S/C15H16BNO/c1-16-17(14-10-6-3-7-11-14)12-15(18-16)13-8-4-2-5-9-13/h2-11,15H,12H2,1H3/t15-/m0/s1. The Morgan fingerprint density at radius 3 is 2.28 bits per heavy atom. The fourth-order valence-corrected chi connectivity index (χ4v) is 2.47. The number of benzene rings is 2. The van der Waals surface area contributed by atoms with E-state index in [0.717, 1.165) is 6.54 Å². The Kier molecular flexibility index (Phi) is 3.07. The lowest BCUT2D eigenvalue weighted by atomic mass is 9.85. The summed E-state index contributed by atoms with van der Waals surface area (Å²) in [7, 11) is 0.123. The number of anilines is 1. The lowest BCUT2D eigenvalue weighted by molar-refractivity contribution is 0.252. The van der Waals surface area contributed by atoms with Crippen LogP contribution in [0.2, 0.25) is 6.82 Å². The molecular formula is C15H16BNO. The molecule has 0 radical (unpaired) electrons. The van der Waals surface area contributed by atoms with Crippen LogP contribution in [0.5, 0.6) is 0 Å². The van der Waals surface area contributed by atoms with Crippen LogP contribution >= 0.6 is 0 Å². The zero-order valence-electron chi connectivity index (χ0n) is 10.5. The first kappa shape index (κ1) is 11.4. The summed E-state index contributed by atoms with van der Waals surface area (Å²) in [6.07, 6.45) is 0.168. The first-order chi connectivity index (χ1) is 8.84. The minimum absolute atomic E-state index is 0.123. The van der Waals surface area contributed by atoms with Crippen molar-refractivity contribution in [1.82, 2.24) is 0 Å². The van der Waals surface area contributed by atoms with Gasteiger partial charge in [0, 0.05) is 12.2 Å². The van der Waals surface area contributed by atoms with Crippen molar-refractivity contribution in [3.63, 3.8) is 0 Å². The molecule has 1 heterocycles. The van der Waals surface area contributed by atoms with E-state index in [2.05, 4.69) is 60.2 Å². The first-order valence-electron chi connectivity index (χ1n) is 6.37. The lowest BCUT2D eigenvalue weighted by Crippen LogP contribution is -2.31. The smallest absolute Gasteiger partial charge is 0.408 e. The quantitative estimate of drug-likeness (QED) is 0.742. The van der Waals surface area contributed by atoms with Gasteiger partial charge >= 0.3 is 7.05 Å². The molecule has 0 saturated carbocycles. The van der Waals surface area contributed by atoms with Crippen molar-refractivity contribution in [2.24, 2.45) is 0 Å². The molecule has 3 rings (SSSR count). The third kappa shape index (κ3) is 2.14. The van der Waals surface area contributed by atoms with Gasteiger partial charge < -0.3 is 9.47 Å². The highest BCUT2D eigenvalue weighted by Gasteiger charge is 2.34. The minimum Gasteiger partial charge on any atom is -0.408 e. The van der Waals surface area contributed by atoms with Crippen LogP contribution < -0.4 is 4.81 Å². The van der Waals surface area contributed by atoms with E-state index in [1.807, 2.05) is 12.1 Å². The molecule has 0 spiro atoms. The van der Waals surface area contributed by atoms with Crippen LogP contribution in [0.4, 0.5) is 5.69 Å². The molecule has 1 saturated heterocycles. The van der Waals surface area contributed by atoms with Crippen LogP contribution in [0.25, 0.3) is 0 Å². The molecule has 2 nitrogen and oxygen atoms in total. The van der Waals surface area contributed by atoms with Crippen LogP contribution in [-0.4, -0.2) is 13.6 Å². The average molecular weight is 237 g/mol. The van der Waals surface area contributed by atoms with Crippen molar-refractivity contribution in [3.05, 3.63) is 66.2 Å². The number of hydrogen-bond acceptors (Lipinski definition) is 2. The highest BCUT2D eigenvalue weighted by Crippen LogP contribution is 2.30. The fourth-order valence-electron chi connectivity index (χ4n) is 2.47. The Balaban J connectivity index is 1.81. The van der Waals surface area contributed by atoms with Crippen molar-refractivity contribution in [2.75, 3.05) is 11.4 Å². The molecule has 0 bridgehead atoms. The van der Waals surface area contributed by atoms with E-state index in [-0.39, 0.29) is 13.2 Å². The van der Waals surface area contributed by atoms with E-state index in [4.69, 9.17) is 4.65 Å². The van der Waals surface area contributed by atoms with Gasteiger partial charge in [-0.3, -0.25) is 0 Å². The number of para-hydroxylation sites is 1. The molecule has 1 atom stereocenters. The summed E-state index contributed by atoms with van der Waals surface area (Å²) in [5.74, 6) is 0. The van der Waals surface area contributed by atoms with Crippen LogP contribution in [0.1, 0.15) is 11.7 Å². The van der Waals surface area contributed by atoms with Crippen LogP contribution in [0.3, 0.4) is 0 Å². The fraction of sp³-hybridized carbons (Fsp3) is 0.200. The van der Waals surface area contributed by atoms with Gasteiger partial charge in [0.05, 0.1) is 6.10 Å². The van der Waals surface area contributed by atoms with E-state index < -0.39 is 0 Å². The molecule has 3 heteroatoms. The second kappa shape index (κ2) is 4.87. The van der Waals surface area contributed by atoms with Gasteiger partial charge in [-0.15, -0.1) is 0 Å². The predicted molar refractivity (Wildman–Crippen MR) is 75.7 cm³/mol. The highest BCUT2D eigenvalue weighted by molar-refractivity contribution is 6.56. The van der Waals surface area contributed by atoms with Crippen molar-refractivity contribution in [2.45, 2.75) is 12.9 Å². The third-order valence-corrected chi connectivity index (χ3v) is 3.42. The van der Waals surface area contributed by atoms with Gasteiger partial charge in [0.15, 0.2) is 0 Å². The molecule has 2 aromatic rings. The van der Waals surface area contributed by atoms with E-state index in [0.29, 0.717) is 0 Å². The van der Waals surface area contributed by atoms with E-state index >= 15 is 0 Å². The molecular weight excluding hydrogens is 221 g/mol. The average Bonchev–Trinajstić information content (AvgIpc) is 2.83. The largest absolute Gasteiger partial charge is 0.412 e. The monoisotopic (exact) mass is 237 g/mol. The van der Waals surface area contributed by atoms with Gasteiger partial charge in [-0.25, -0.2) is 0 Å². The summed E-state index contributed by atoms with van der Waals surface area (Å²) in [5, 5.41) is 0. The SMILES string of the molecule is CB1O[C@H](c2ccccc2)CN1c1ccccc1. The Bertz CT molecular complexity index is 502. The normalized spacial score (nSPS) is 19.3. The summed E-state index contributed by atoms with van der Waals surface area (Å²) in [6.45, 7) is 3.02. The molecule has 18 heavy (non-hydrogen) atoms. The minimum atomic E-state index is 0.123.